The van der Waals surface area contributed by atoms with Gasteiger partial charge in [-0.2, -0.15) is 5.10 Å². The number of nitrogens with one attached hydrogen (secondary N) is 1. The van der Waals surface area contributed by atoms with Crippen molar-refractivity contribution in [2.75, 3.05) is 0 Å². The molecule has 0 unspecified atom stereocenters. The summed E-state index contributed by atoms with van der Waals surface area (Å²) in [7, 11) is 0. The van der Waals surface area contributed by atoms with Crippen molar-refractivity contribution in [1.29, 1.82) is 0 Å². The number of aryl methyl sites for hydroxylation is 1. The zero-order chi connectivity index (χ0) is 12.4. The highest BCUT2D eigenvalue weighted by Crippen LogP contribution is 2.26. The molecule has 0 aliphatic heterocycles. The molecule has 0 bridgehead atoms. The summed E-state index contributed by atoms with van der Waals surface area (Å²) in [6.45, 7) is 2.11. The SMILES string of the molecule is CCCc1n[nH]c(=S)n1-c1ccc(Cl)cc1Br. The molecule has 6 heteroatoms. The van der Waals surface area contributed by atoms with Gasteiger partial charge in [0.05, 0.1) is 5.69 Å². The van der Waals surface area contributed by atoms with E-state index in [1.54, 1.807) is 0 Å². The van der Waals surface area contributed by atoms with Crippen molar-refractivity contribution in [3.05, 3.63) is 38.3 Å². The summed E-state index contributed by atoms with van der Waals surface area (Å²) >= 11 is 14.7. The summed E-state index contributed by atoms with van der Waals surface area (Å²) in [6, 6.07) is 5.62. The first-order valence-corrected chi connectivity index (χ1v) is 6.83. The first kappa shape index (κ1) is 12.8. The van der Waals surface area contributed by atoms with Crippen LogP contribution < -0.4 is 0 Å². The van der Waals surface area contributed by atoms with E-state index in [2.05, 4.69) is 33.1 Å². The molecule has 2 aromatic rings. The van der Waals surface area contributed by atoms with Crippen LogP contribution in [0.2, 0.25) is 5.02 Å². The fourth-order valence-corrected chi connectivity index (χ4v) is 2.74. The van der Waals surface area contributed by atoms with Crippen LogP contribution in [0.1, 0.15) is 19.2 Å². The van der Waals surface area contributed by atoms with E-state index >= 15 is 0 Å². The van der Waals surface area contributed by atoms with E-state index in [4.69, 9.17) is 23.8 Å². The summed E-state index contributed by atoms with van der Waals surface area (Å²) in [6.07, 6.45) is 1.90. The van der Waals surface area contributed by atoms with Crippen LogP contribution in [0, 0.1) is 4.77 Å². The lowest BCUT2D eigenvalue weighted by Crippen LogP contribution is -2.02. The van der Waals surface area contributed by atoms with Crippen molar-refractivity contribution in [1.82, 2.24) is 14.8 Å². The fraction of sp³-hybridized carbons (Fsp3) is 0.273. The molecule has 17 heavy (non-hydrogen) atoms. The molecule has 0 fully saturated rings. The Hall–Kier alpha value is -0.650. The highest BCUT2D eigenvalue weighted by Gasteiger charge is 2.10. The van der Waals surface area contributed by atoms with Crippen LogP contribution >= 0.6 is 39.7 Å². The van der Waals surface area contributed by atoms with Crippen molar-refractivity contribution >= 4 is 39.7 Å². The van der Waals surface area contributed by atoms with E-state index < -0.39 is 0 Å². The second-order valence-corrected chi connectivity index (χ2v) is 5.30. The number of halogens is 2. The Balaban J connectivity index is 2.59. The lowest BCUT2D eigenvalue weighted by molar-refractivity contribution is 0.800. The van der Waals surface area contributed by atoms with Crippen LogP contribution in [0.25, 0.3) is 5.69 Å². The number of aromatic amines is 1. The third kappa shape index (κ3) is 2.61. The van der Waals surface area contributed by atoms with Gasteiger partial charge in [-0.1, -0.05) is 18.5 Å². The lowest BCUT2D eigenvalue weighted by Gasteiger charge is -2.08. The van der Waals surface area contributed by atoms with E-state index in [-0.39, 0.29) is 0 Å². The molecule has 0 saturated carbocycles. The average molecular weight is 333 g/mol. The van der Waals surface area contributed by atoms with Crippen LogP contribution in [0.4, 0.5) is 0 Å². The molecule has 1 heterocycles. The molecule has 0 aliphatic carbocycles. The van der Waals surface area contributed by atoms with Gasteiger partial charge in [0.2, 0.25) is 0 Å². The molecular formula is C11H11BrClN3S. The maximum Gasteiger partial charge on any atom is 0.199 e. The van der Waals surface area contributed by atoms with Gasteiger partial charge in [0.25, 0.3) is 0 Å². The molecule has 1 aromatic heterocycles. The van der Waals surface area contributed by atoms with Gasteiger partial charge < -0.3 is 0 Å². The average Bonchev–Trinajstić information content (AvgIpc) is 2.62. The predicted molar refractivity (Wildman–Crippen MR) is 75.5 cm³/mol. The van der Waals surface area contributed by atoms with Gasteiger partial charge in [-0.25, -0.2) is 0 Å². The van der Waals surface area contributed by atoms with E-state index in [1.165, 1.54) is 0 Å². The zero-order valence-corrected chi connectivity index (χ0v) is 12.4. The third-order valence-electron chi connectivity index (χ3n) is 2.37. The number of nitrogens with zero attached hydrogens (tertiary/aromatic N) is 2. The highest BCUT2D eigenvalue weighted by atomic mass is 79.9. The minimum Gasteiger partial charge on any atom is -0.271 e. The van der Waals surface area contributed by atoms with Gasteiger partial charge in [-0.3, -0.25) is 9.67 Å². The Morgan fingerprint density at radius 2 is 2.29 bits per heavy atom. The van der Waals surface area contributed by atoms with E-state index in [0.29, 0.717) is 9.79 Å². The Morgan fingerprint density at radius 1 is 1.53 bits per heavy atom. The molecular weight excluding hydrogens is 322 g/mol. The molecule has 3 nitrogen and oxygen atoms in total. The van der Waals surface area contributed by atoms with Gasteiger partial charge in [0.15, 0.2) is 4.77 Å². The molecule has 0 aliphatic rings. The monoisotopic (exact) mass is 331 g/mol. The number of hydrogen-bond acceptors (Lipinski definition) is 2. The van der Waals surface area contributed by atoms with Crippen molar-refractivity contribution in [2.45, 2.75) is 19.8 Å². The van der Waals surface area contributed by atoms with Gasteiger partial charge in [-0.15, -0.1) is 0 Å². The van der Waals surface area contributed by atoms with E-state index in [1.807, 2.05) is 22.8 Å². The summed E-state index contributed by atoms with van der Waals surface area (Å²) in [5.74, 6) is 0.931. The number of H-pyrrole nitrogens is 1. The van der Waals surface area contributed by atoms with Crippen LogP contribution in [-0.4, -0.2) is 14.8 Å². The lowest BCUT2D eigenvalue weighted by atomic mass is 10.3. The first-order chi connectivity index (χ1) is 8.13. The molecule has 0 saturated heterocycles. The minimum atomic E-state index is 0.594. The number of hydrogen-bond donors (Lipinski definition) is 1. The standard InChI is InChI=1S/C11H11BrClN3S/c1-2-3-10-14-15-11(17)16(10)9-5-4-7(13)6-8(9)12/h4-6H,2-3H2,1H3,(H,15,17). The highest BCUT2D eigenvalue weighted by molar-refractivity contribution is 9.10. The predicted octanol–water partition coefficient (Wildman–Crippen LogP) is 4.30. The first-order valence-electron chi connectivity index (χ1n) is 5.25. The number of rotatable bonds is 3. The minimum absolute atomic E-state index is 0.594. The smallest absolute Gasteiger partial charge is 0.199 e. The van der Waals surface area contributed by atoms with E-state index in [0.717, 1.165) is 28.8 Å². The van der Waals surface area contributed by atoms with Crippen molar-refractivity contribution < 1.29 is 0 Å². The molecule has 0 atom stereocenters. The summed E-state index contributed by atoms with van der Waals surface area (Å²) in [5.41, 5.74) is 0.955. The Morgan fingerprint density at radius 3 is 2.94 bits per heavy atom. The van der Waals surface area contributed by atoms with Crippen LogP contribution in [0.15, 0.2) is 22.7 Å². The molecule has 2 rings (SSSR count). The third-order valence-corrected chi connectivity index (χ3v) is 3.51. The normalized spacial score (nSPS) is 10.8. The van der Waals surface area contributed by atoms with Gasteiger partial charge in [-0.05, 0) is 52.8 Å². The Kier molecular flexibility index (Phi) is 4.01. The van der Waals surface area contributed by atoms with Gasteiger partial charge in [0.1, 0.15) is 5.82 Å². The van der Waals surface area contributed by atoms with Crippen LogP contribution in [-0.2, 0) is 6.42 Å². The van der Waals surface area contributed by atoms with Crippen LogP contribution in [0.3, 0.4) is 0 Å². The molecule has 0 radical (unpaired) electrons. The number of benzene rings is 1. The van der Waals surface area contributed by atoms with Crippen LogP contribution in [0.5, 0.6) is 0 Å². The zero-order valence-electron chi connectivity index (χ0n) is 9.20. The summed E-state index contributed by atoms with van der Waals surface area (Å²) in [5, 5.41) is 7.75. The largest absolute Gasteiger partial charge is 0.271 e. The van der Waals surface area contributed by atoms with Crippen molar-refractivity contribution in [3.8, 4) is 5.69 Å². The molecule has 1 aromatic carbocycles. The molecule has 0 spiro atoms. The molecule has 1 N–H and O–H groups in total. The second kappa shape index (κ2) is 5.33. The summed E-state index contributed by atoms with van der Waals surface area (Å²) in [4.78, 5) is 0. The van der Waals surface area contributed by atoms with Crippen molar-refractivity contribution in [2.24, 2.45) is 0 Å². The maximum absolute atomic E-state index is 5.93. The fourth-order valence-electron chi connectivity index (χ4n) is 1.63. The molecule has 0 amide bonds. The van der Waals surface area contributed by atoms with Crippen molar-refractivity contribution in [3.63, 3.8) is 0 Å². The Labute approximate surface area is 118 Å². The maximum atomic E-state index is 5.93. The quantitative estimate of drug-likeness (QED) is 0.850. The summed E-state index contributed by atoms with van der Waals surface area (Å²) < 4.78 is 3.43. The van der Waals surface area contributed by atoms with Gasteiger partial charge in [0, 0.05) is 15.9 Å². The molecule has 90 valence electrons. The Bertz CT molecular complexity index is 591. The van der Waals surface area contributed by atoms with Gasteiger partial charge >= 0.3 is 0 Å². The van der Waals surface area contributed by atoms with E-state index in [9.17, 15) is 0 Å². The topological polar surface area (TPSA) is 33.6 Å². The number of aromatic nitrogens is 3. The second-order valence-electron chi connectivity index (χ2n) is 3.63.